The summed E-state index contributed by atoms with van der Waals surface area (Å²) in [5, 5.41) is 10.6. The van der Waals surface area contributed by atoms with Gasteiger partial charge in [0.05, 0.1) is 7.11 Å². The summed E-state index contributed by atoms with van der Waals surface area (Å²) in [6, 6.07) is 11.5. The summed E-state index contributed by atoms with van der Waals surface area (Å²) in [7, 11) is 1.64. The number of hydrogen-bond donors (Lipinski definition) is 2. The molecule has 1 fully saturated rings. The smallest absolute Gasteiger partial charge is 0.325 e. The topological polar surface area (TPSA) is 68.8 Å². The fourth-order valence-corrected chi connectivity index (χ4v) is 3.86. The average molecular weight is 383 g/mol. The highest BCUT2D eigenvalue weighted by atomic mass is 19.1. The molecule has 0 unspecified atom stereocenters. The van der Waals surface area contributed by atoms with E-state index in [0.717, 1.165) is 29.9 Å². The molecule has 0 aliphatic carbocycles. The van der Waals surface area contributed by atoms with Gasteiger partial charge in [0.1, 0.15) is 17.6 Å². The van der Waals surface area contributed by atoms with Crippen molar-refractivity contribution >= 4 is 22.6 Å². The molecular weight excluding hydrogens is 361 g/mol. The van der Waals surface area contributed by atoms with Crippen LogP contribution < -0.4 is 9.64 Å². The van der Waals surface area contributed by atoms with Crippen molar-refractivity contribution in [3.63, 3.8) is 0 Å². The number of aromatic amines is 1. The van der Waals surface area contributed by atoms with E-state index in [-0.39, 0.29) is 5.82 Å². The van der Waals surface area contributed by atoms with Crippen LogP contribution in [0.2, 0.25) is 0 Å². The molecule has 28 heavy (non-hydrogen) atoms. The maximum absolute atomic E-state index is 13.5. The third-order valence-electron chi connectivity index (χ3n) is 5.32. The van der Waals surface area contributed by atoms with Gasteiger partial charge in [0, 0.05) is 54.5 Å². The van der Waals surface area contributed by atoms with E-state index in [1.54, 1.807) is 19.4 Å². The Hall–Kier alpha value is -3.06. The number of methoxy groups -OCH3 is 1. The lowest BCUT2D eigenvalue weighted by atomic mass is 10.0. The standard InChI is InChI=1S/C21H22FN3O3/c1-28-16-5-3-15(4-6-16)24-8-10-25(11-9-24)20(21(26)27)18-13-23-19-12-14(22)2-7-17(18)19/h2-7,12-13,20,23H,8-11H2,1H3,(H,26,27)/t20-/m1/s1. The van der Waals surface area contributed by atoms with Gasteiger partial charge >= 0.3 is 5.97 Å². The second kappa shape index (κ2) is 7.52. The average Bonchev–Trinajstić information content (AvgIpc) is 3.11. The van der Waals surface area contributed by atoms with E-state index in [9.17, 15) is 14.3 Å². The van der Waals surface area contributed by atoms with E-state index in [2.05, 4.69) is 9.88 Å². The summed E-state index contributed by atoms with van der Waals surface area (Å²) < 4.78 is 18.6. The normalized spacial score (nSPS) is 16.3. The number of ether oxygens (including phenoxy) is 1. The van der Waals surface area contributed by atoms with Crippen molar-refractivity contribution in [3.8, 4) is 5.75 Å². The molecule has 0 radical (unpaired) electrons. The predicted molar refractivity (Wildman–Crippen MR) is 105 cm³/mol. The molecular formula is C21H22FN3O3. The fraction of sp³-hybridized carbons (Fsp3) is 0.286. The minimum atomic E-state index is -0.900. The first kappa shape index (κ1) is 18.3. The van der Waals surface area contributed by atoms with Crippen LogP contribution in [-0.2, 0) is 4.79 Å². The molecule has 1 aromatic heterocycles. The zero-order valence-electron chi connectivity index (χ0n) is 15.6. The number of carbonyl (C=O) groups is 1. The molecule has 146 valence electrons. The third-order valence-corrected chi connectivity index (χ3v) is 5.32. The van der Waals surface area contributed by atoms with Gasteiger partial charge in [-0.05, 0) is 42.5 Å². The molecule has 0 saturated carbocycles. The van der Waals surface area contributed by atoms with Crippen LogP contribution in [0.5, 0.6) is 5.75 Å². The van der Waals surface area contributed by atoms with E-state index in [1.807, 2.05) is 29.2 Å². The van der Waals surface area contributed by atoms with Gasteiger partial charge in [0.25, 0.3) is 0 Å². The van der Waals surface area contributed by atoms with Crippen LogP contribution in [-0.4, -0.2) is 54.2 Å². The van der Waals surface area contributed by atoms with Crippen LogP contribution in [0.3, 0.4) is 0 Å². The van der Waals surface area contributed by atoms with Crippen LogP contribution in [0.1, 0.15) is 11.6 Å². The van der Waals surface area contributed by atoms with Crippen molar-refractivity contribution in [3.05, 3.63) is 60.0 Å². The lowest BCUT2D eigenvalue weighted by molar-refractivity contribution is -0.143. The first-order valence-corrected chi connectivity index (χ1v) is 9.19. The summed E-state index contributed by atoms with van der Waals surface area (Å²) in [5.41, 5.74) is 2.37. The van der Waals surface area contributed by atoms with E-state index in [4.69, 9.17) is 4.74 Å². The zero-order chi connectivity index (χ0) is 19.7. The lowest BCUT2D eigenvalue weighted by Crippen LogP contribution is -2.49. The summed E-state index contributed by atoms with van der Waals surface area (Å²) in [6.45, 7) is 2.70. The van der Waals surface area contributed by atoms with Crippen molar-refractivity contribution in [2.75, 3.05) is 38.2 Å². The van der Waals surface area contributed by atoms with Crippen molar-refractivity contribution in [2.24, 2.45) is 0 Å². The maximum Gasteiger partial charge on any atom is 0.325 e. The quantitative estimate of drug-likeness (QED) is 0.708. The number of anilines is 1. The van der Waals surface area contributed by atoms with Crippen molar-refractivity contribution in [1.82, 2.24) is 9.88 Å². The Morgan fingerprint density at radius 3 is 2.50 bits per heavy atom. The summed E-state index contributed by atoms with van der Waals surface area (Å²) in [4.78, 5) is 19.3. The highest BCUT2D eigenvalue weighted by molar-refractivity contribution is 5.89. The monoisotopic (exact) mass is 383 g/mol. The fourth-order valence-electron chi connectivity index (χ4n) is 3.86. The maximum atomic E-state index is 13.5. The molecule has 0 amide bonds. The first-order valence-electron chi connectivity index (χ1n) is 9.19. The van der Waals surface area contributed by atoms with Crippen molar-refractivity contribution in [2.45, 2.75) is 6.04 Å². The van der Waals surface area contributed by atoms with E-state index < -0.39 is 12.0 Å². The highest BCUT2D eigenvalue weighted by Gasteiger charge is 2.32. The number of benzene rings is 2. The number of carboxylic acids is 1. The molecule has 4 rings (SSSR count). The Labute approximate surface area is 162 Å². The Bertz CT molecular complexity index is 978. The summed E-state index contributed by atoms with van der Waals surface area (Å²) in [6.07, 6.45) is 1.68. The molecule has 2 N–H and O–H groups in total. The molecule has 7 heteroatoms. The molecule has 3 aromatic rings. The molecule has 2 heterocycles. The van der Waals surface area contributed by atoms with Crippen LogP contribution in [0, 0.1) is 5.82 Å². The van der Waals surface area contributed by atoms with Gasteiger partial charge in [-0.2, -0.15) is 0 Å². The summed E-state index contributed by atoms with van der Waals surface area (Å²) >= 11 is 0. The van der Waals surface area contributed by atoms with Gasteiger partial charge in [-0.15, -0.1) is 0 Å². The Kier molecular flexibility index (Phi) is 4.92. The Balaban J connectivity index is 1.52. The second-order valence-electron chi connectivity index (χ2n) is 6.90. The number of nitrogens with zero attached hydrogens (tertiary/aromatic N) is 2. The number of fused-ring (bicyclic) bond motifs is 1. The van der Waals surface area contributed by atoms with E-state index in [0.29, 0.717) is 24.2 Å². The van der Waals surface area contributed by atoms with Gasteiger partial charge in [-0.3, -0.25) is 9.69 Å². The number of nitrogens with one attached hydrogen (secondary N) is 1. The number of halogens is 1. The number of H-pyrrole nitrogens is 1. The largest absolute Gasteiger partial charge is 0.497 e. The molecule has 2 aromatic carbocycles. The SMILES string of the molecule is COc1ccc(N2CCN([C@@H](C(=O)O)c3c[nH]c4cc(F)ccc34)CC2)cc1. The highest BCUT2D eigenvalue weighted by Crippen LogP contribution is 2.31. The molecule has 1 saturated heterocycles. The Morgan fingerprint density at radius 2 is 1.86 bits per heavy atom. The number of aliphatic carboxylic acids is 1. The first-order chi connectivity index (χ1) is 13.6. The second-order valence-corrected chi connectivity index (χ2v) is 6.90. The zero-order valence-corrected chi connectivity index (χ0v) is 15.6. The van der Waals surface area contributed by atoms with Gasteiger partial charge in [-0.1, -0.05) is 0 Å². The number of piperazine rings is 1. The van der Waals surface area contributed by atoms with Crippen LogP contribution in [0.4, 0.5) is 10.1 Å². The lowest BCUT2D eigenvalue weighted by Gasteiger charge is -2.38. The molecule has 6 nitrogen and oxygen atoms in total. The van der Waals surface area contributed by atoms with Gasteiger partial charge in [0.15, 0.2) is 0 Å². The van der Waals surface area contributed by atoms with Gasteiger partial charge < -0.3 is 19.7 Å². The van der Waals surface area contributed by atoms with Crippen LogP contribution in [0.25, 0.3) is 10.9 Å². The number of rotatable bonds is 5. The predicted octanol–water partition coefficient (Wildman–Crippen LogP) is 3.26. The van der Waals surface area contributed by atoms with Gasteiger partial charge in [0.2, 0.25) is 0 Å². The van der Waals surface area contributed by atoms with Gasteiger partial charge in [-0.25, -0.2) is 4.39 Å². The number of carboxylic acid groups (broad SMARTS) is 1. The van der Waals surface area contributed by atoms with Crippen LogP contribution >= 0.6 is 0 Å². The summed E-state index contributed by atoms with van der Waals surface area (Å²) in [5.74, 6) is -0.437. The Morgan fingerprint density at radius 1 is 1.14 bits per heavy atom. The van der Waals surface area contributed by atoms with E-state index in [1.165, 1.54) is 12.1 Å². The number of aromatic nitrogens is 1. The third kappa shape index (κ3) is 3.41. The van der Waals surface area contributed by atoms with E-state index >= 15 is 0 Å². The van der Waals surface area contributed by atoms with Crippen molar-refractivity contribution < 1.29 is 19.0 Å². The molecule has 1 aliphatic rings. The molecule has 1 atom stereocenters. The van der Waals surface area contributed by atoms with Crippen molar-refractivity contribution in [1.29, 1.82) is 0 Å². The minimum Gasteiger partial charge on any atom is -0.497 e. The molecule has 0 spiro atoms. The minimum absolute atomic E-state index is 0.346. The van der Waals surface area contributed by atoms with Crippen LogP contribution in [0.15, 0.2) is 48.7 Å². The molecule has 1 aliphatic heterocycles. The number of hydrogen-bond acceptors (Lipinski definition) is 4. The molecule has 0 bridgehead atoms.